The Morgan fingerprint density at radius 3 is 2.32 bits per heavy atom. The van der Waals surface area contributed by atoms with E-state index >= 15 is 0 Å². The van der Waals surface area contributed by atoms with Crippen molar-refractivity contribution in [2.75, 3.05) is 31.1 Å². The van der Waals surface area contributed by atoms with E-state index in [0.29, 0.717) is 23.7 Å². The Balaban J connectivity index is 1.46. The summed E-state index contributed by atoms with van der Waals surface area (Å²) in [7, 11) is 0. The minimum absolute atomic E-state index is 0.0304. The standard InChI is InChI=1S/C19H20ClN3O2/c20-16-6-4-15(5-7-16)17(24)8-9-19(25)23-13-11-22(12-14-23)18-3-1-2-10-21-18/h1-7,10H,8-9,11-14H2. The lowest BCUT2D eigenvalue weighted by Crippen LogP contribution is -2.49. The lowest BCUT2D eigenvalue weighted by molar-refractivity contribution is -0.131. The van der Waals surface area contributed by atoms with Crippen molar-refractivity contribution >= 4 is 29.1 Å². The number of amides is 1. The molecule has 1 aromatic carbocycles. The van der Waals surface area contributed by atoms with E-state index in [-0.39, 0.29) is 24.5 Å². The van der Waals surface area contributed by atoms with Crippen LogP contribution in [-0.4, -0.2) is 47.8 Å². The first-order chi connectivity index (χ1) is 12.1. The lowest BCUT2D eigenvalue weighted by atomic mass is 10.1. The molecule has 0 spiro atoms. The van der Waals surface area contributed by atoms with Crippen LogP contribution < -0.4 is 4.90 Å². The predicted octanol–water partition coefficient (Wildman–Crippen LogP) is 3.05. The number of aromatic nitrogens is 1. The van der Waals surface area contributed by atoms with E-state index in [1.165, 1.54) is 0 Å². The van der Waals surface area contributed by atoms with Crippen molar-refractivity contribution in [3.63, 3.8) is 0 Å². The molecule has 6 heteroatoms. The van der Waals surface area contributed by atoms with Gasteiger partial charge in [0.05, 0.1) is 0 Å². The highest BCUT2D eigenvalue weighted by Gasteiger charge is 2.22. The van der Waals surface area contributed by atoms with E-state index in [1.54, 1.807) is 30.5 Å². The van der Waals surface area contributed by atoms with Gasteiger partial charge in [-0.3, -0.25) is 9.59 Å². The van der Waals surface area contributed by atoms with Crippen LogP contribution >= 0.6 is 11.6 Å². The quantitative estimate of drug-likeness (QED) is 0.772. The second kappa shape index (κ2) is 8.12. The highest BCUT2D eigenvalue weighted by molar-refractivity contribution is 6.30. The van der Waals surface area contributed by atoms with Crippen molar-refractivity contribution in [2.24, 2.45) is 0 Å². The molecule has 5 nitrogen and oxygen atoms in total. The summed E-state index contributed by atoms with van der Waals surface area (Å²) in [4.78, 5) is 32.8. The Labute approximate surface area is 152 Å². The number of carbonyl (C=O) groups excluding carboxylic acids is 2. The van der Waals surface area contributed by atoms with Crippen LogP contribution in [0, 0.1) is 0 Å². The van der Waals surface area contributed by atoms with Crippen molar-refractivity contribution in [1.82, 2.24) is 9.88 Å². The minimum Gasteiger partial charge on any atom is -0.353 e. The molecule has 1 amide bonds. The molecule has 0 atom stereocenters. The number of carbonyl (C=O) groups is 2. The Morgan fingerprint density at radius 1 is 0.960 bits per heavy atom. The third-order valence-corrected chi connectivity index (χ3v) is 4.59. The molecular weight excluding hydrogens is 338 g/mol. The summed E-state index contributed by atoms with van der Waals surface area (Å²) in [5.74, 6) is 0.938. The zero-order chi connectivity index (χ0) is 17.6. The van der Waals surface area contributed by atoms with E-state index in [1.807, 2.05) is 23.1 Å². The number of ketones is 1. The molecule has 25 heavy (non-hydrogen) atoms. The average molecular weight is 358 g/mol. The van der Waals surface area contributed by atoms with Gasteiger partial charge in [-0.25, -0.2) is 4.98 Å². The van der Waals surface area contributed by atoms with Crippen LogP contribution in [-0.2, 0) is 4.79 Å². The van der Waals surface area contributed by atoms with Crippen molar-refractivity contribution in [3.8, 4) is 0 Å². The Kier molecular flexibility index (Phi) is 5.66. The van der Waals surface area contributed by atoms with Gasteiger partial charge in [-0.15, -0.1) is 0 Å². The van der Waals surface area contributed by atoms with E-state index in [2.05, 4.69) is 9.88 Å². The lowest BCUT2D eigenvalue weighted by Gasteiger charge is -2.35. The smallest absolute Gasteiger partial charge is 0.223 e. The second-order valence-electron chi connectivity index (χ2n) is 5.99. The number of pyridine rings is 1. The van der Waals surface area contributed by atoms with Gasteiger partial charge in [-0.1, -0.05) is 17.7 Å². The molecule has 0 aliphatic carbocycles. The summed E-state index contributed by atoms with van der Waals surface area (Å²) in [6, 6.07) is 12.6. The Hall–Kier alpha value is -2.40. The topological polar surface area (TPSA) is 53.5 Å². The molecule has 0 N–H and O–H groups in total. The zero-order valence-electron chi connectivity index (χ0n) is 13.9. The van der Waals surface area contributed by atoms with Crippen LogP contribution in [0.4, 0.5) is 5.82 Å². The number of anilines is 1. The van der Waals surface area contributed by atoms with Crippen LogP contribution in [0.5, 0.6) is 0 Å². The molecule has 1 saturated heterocycles. The molecule has 1 aliphatic rings. The maximum atomic E-state index is 12.3. The third kappa shape index (κ3) is 4.57. The summed E-state index contributed by atoms with van der Waals surface area (Å²) in [5, 5.41) is 0.596. The normalized spacial score (nSPS) is 14.4. The number of hydrogen-bond donors (Lipinski definition) is 0. The van der Waals surface area contributed by atoms with Crippen molar-refractivity contribution in [1.29, 1.82) is 0 Å². The number of nitrogens with zero attached hydrogens (tertiary/aromatic N) is 3. The molecule has 1 fully saturated rings. The summed E-state index contributed by atoms with van der Waals surface area (Å²) < 4.78 is 0. The number of hydrogen-bond acceptors (Lipinski definition) is 4. The maximum Gasteiger partial charge on any atom is 0.223 e. The molecule has 1 aromatic heterocycles. The van der Waals surface area contributed by atoms with E-state index < -0.39 is 0 Å². The first-order valence-electron chi connectivity index (χ1n) is 8.36. The monoisotopic (exact) mass is 357 g/mol. The van der Waals surface area contributed by atoms with Gasteiger partial charge >= 0.3 is 0 Å². The molecule has 0 bridgehead atoms. The molecule has 3 rings (SSSR count). The fourth-order valence-electron chi connectivity index (χ4n) is 2.88. The van der Waals surface area contributed by atoms with Gasteiger partial charge < -0.3 is 9.80 Å². The van der Waals surface area contributed by atoms with Gasteiger partial charge in [0.2, 0.25) is 5.91 Å². The number of rotatable bonds is 5. The van der Waals surface area contributed by atoms with Crippen LogP contribution in [0.3, 0.4) is 0 Å². The Bertz CT molecular complexity index is 726. The van der Waals surface area contributed by atoms with Crippen LogP contribution in [0.2, 0.25) is 5.02 Å². The maximum absolute atomic E-state index is 12.3. The van der Waals surface area contributed by atoms with Gasteiger partial charge in [0.25, 0.3) is 0 Å². The van der Waals surface area contributed by atoms with Gasteiger partial charge in [-0.05, 0) is 36.4 Å². The summed E-state index contributed by atoms with van der Waals surface area (Å²) >= 11 is 5.82. The molecule has 2 aromatic rings. The molecule has 0 radical (unpaired) electrons. The Morgan fingerprint density at radius 2 is 1.68 bits per heavy atom. The van der Waals surface area contributed by atoms with Gasteiger partial charge in [0.1, 0.15) is 5.82 Å². The summed E-state index contributed by atoms with van der Waals surface area (Å²) in [5.41, 5.74) is 0.595. The SMILES string of the molecule is O=C(CCC(=O)N1CCN(c2ccccn2)CC1)c1ccc(Cl)cc1. The van der Waals surface area contributed by atoms with Gasteiger partial charge in [0.15, 0.2) is 5.78 Å². The first-order valence-corrected chi connectivity index (χ1v) is 8.74. The van der Waals surface area contributed by atoms with Crippen molar-refractivity contribution in [2.45, 2.75) is 12.8 Å². The minimum atomic E-state index is -0.0304. The van der Waals surface area contributed by atoms with Gasteiger partial charge in [-0.2, -0.15) is 0 Å². The number of piperazine rings is 1. The molecular formula is C19H20ClN3O2. The highest BCUT2D eigenvalue weighted by Crippen LogP contribution is 2.15. The number of Topliss-reactive ketones (excluding diaryl/α,β-unsaturated/α-hetero) is 1. The molecule has 130 valence electrons. The molecule has 1 aliphatic heterocycles. The fourth-order valence-corrected chi connectivity index (χ4v) is 3.01. The highest BCUT2D eigenvalue weighted by atomic mass is 35.5. The second-order valence-corrected chi connectivity index (χ2v) is 6.42. The van der Waals surface area contributed by atoms with E-state index in [0.717, 1.165) is 18.9 Å². The fraction of sp³-hybridized carbons (Fsp3) is 0.316. The molecule has 0 saturated carbocycles. The van der Waals surface area contributed by atoms with Crippen molar-refractivity contribution < 1.29 is 9.59 Å². The number of halogens is 1. The summed E-state index contributed by atoms with van der Waals surface area (Å²) in [6.45, 7) is 2.83. The summed E-state index contributed by atoms with van der Waals surface area (Å²) in [6.07, 6.45) is 2.24. The van der Waals surface area contributed by atoms with E-state index in [9.17, 15) is 9.59 Å². The van der Waals surface area contributed by atoms with Crippen molar-refractivity contribution in [3.05, 3.63) is 59.2 Å². The first kappa shape index (κ1) is 17.4. The molecule has 0 unspecified atom stereocenters. The van der Waals surface area contributed by atoms with Crippen LogP contribution in [0.25, 0.3) is 0 Å². The van der Waals surface area contributed by atoms with Crippen LogP contribution in [0.15, 0.2) is 48.7 Å². The average Bonchev–Trinajstić information content (AvgIpc) is 2.67. The molecule has 2 heterocycles. The van der Waals surface area contributed by atoms with E-state index in [4.69, 9.17) is 11.6 Å². The third-order valence-electron chi connectivity index (χ3n) is 4.34. The number of benzene rings is 1. The van der Waals surface area contributed by atoms with Crippen LogP contribution in [0.1, 0.15) is 23.2 Å². The predicted molar refractivity (Wildman–Crippen MR) is 98.0 cm³/mol. The largest absolute Gasteiger partial charge is 0.353 e. The zero-order valence-corrected chi connectivity index (χ0v) is 14.7. The van der Waals surface area contributed by atoms with Gasteiger partial charge in [0, 0.05) is 55.8 Å².